The highest BCUT2D eigenvalue weighted by atomic mass is 19.3. The van der Waals surface area contributed by atoms with Crippen LogP contribution < -0.4 is 0 Å². The van der Waals surface area contributed by atoms with Crippen molar-refractivity contribution < 1.29 is 8.78 Å². The molecule has 3 rings (SSSR count). The minimum atomic E-state index is -2.17. The quantitative estimate of drug-likeness (QED) is 0.751. The fourth-order valence-electron chi connectivity index (χ4n) is 2.73. The van der Waals surface area contributed by atoms with Gasteiger partial charge in [-0.15, -0.1) is 0 Å². The Morgan fingerprint density at radius 1 is 1.33 bits per heavy atom. The Bertz CT molecular complexity index is 419. The molecule has 1 nitrogen and oxygen atoms in total. The van der Waals surface area contributed by atoms with E-state index in [9.17, 15) is 8.78 Å². The Morgan fingerprint density at radius 3 is 2.50 bits per heavy atom. The Kier molecular flexibility index (Phi) is 2.87. The number of hydrogen-bond donors (Lipinski definition) is 0. The highest BCUT2D eigenvalue weighted by Gasteiger charge is 2.51. The van der Waals surface area contributed by atoms with E-state index in [1.807, 2.05) is 13.1 Å². The number of hydrogen-bond acceptors (Lipinski definition) is 1. The van der Waals surface area contributed by atoms with Crippen LogP contribution >= 0.6 is 0 Å². The minimum absolute atomic E-state index is 0.183. The molecule has 0 aliphatic heterocycles. The van der Waals surface area contributed by atoms with Crippen LogP contribution in [0.15, 0.2) is 18.3 Å². The van der Waals surface area contributed by atoms with Crippen molar-refractivity contribution in [3.8, 4) is 0 Å². The molecule has 0 saturated heterocycles. The molecule has 0 amide bonds. The lowest BCUT2D eigenvalue weighted by Crippen LogP contribution is -2.15. The summed E-state index contributed by atoms with van der Waals surface area (Å²) in [6.45, 7) is 2.04. The van der Waals surface area contributed by atoms with E-state index in [4.69, 9.17) is 0 Å². The summed E-state index contributed by atoms with van der Waals surface area (Å²) in [6, 6.07) is 4.15. The first-order valence-corrected chi connectivity index (χ1v) is 6.85. The number of aromatic nitrogens is 1. The molecule has 1 atom stereocenters. The lowest BCUT2D eigenvalue weighted by Gasteiger charge is -2.19. The van der Waals surface area contributed by atoms with E-state index in [0.29, 0.717) is 25.2 Å². The van der Waals surface area contributed by atoms with Crippen LogP contribution in [0.25, 0.3) is 0 Å². The van der Waals surface area contributed by atoms with Crippen molar-refractivity contribution in [3.63, 3.8) is 0 Å². The number of rotatable bonds is 5. The molecular weight excluding hydrogens is 232 g/mol. The van der Waals surface area contributed by atoms with Crippen molar-refractivity contribution in [3.05, 3.63) is 29.6 Å². The van der Waals surface area contributed by atoms with Crippen molar-refractivity contribution >= 4 is 0 Å². The highest BCUT2D eigenvalue weighted by molar-refractivity contribution is 5.23. The van der Waals surface area contributed by atoms with Gasteiger partial charge in [0.15, 0.2) is 0 Å². The van der Waals surface area contributed by atoms with E-state index in [1.165, 1.54) is 18.5 Å². The number of pyridine rings is 1. The topological polar surface area (TPSA) is 12.9 Å². The second kappa shape index (κ2) is 4.29. The molecule has 98 valence electrons. The lowest BCUT2D eigenvalue weighted by molar-refractivity contribution is 0.0529. The van der Waals surface area contributed by atoms with Crippen LogP contribution in [-0.2, 0) is 0 Å². The van der Waals surface area contributed by atoms with Crippen molar-refractivity contribution in [2.45, 2.75) is 57.3 Å². The fraction of sp³-hybridized carbons (Fsp3) is 0.667. The molecule has 1 aromatic rings. The predicted octanol–water partition coefficient (Wildman–Crippen LogP) is 4.50. The zero-order valence-electron chi connectivity index (χ0n) is 10.7. The standard InChI is InChI=1S/C15H19F2N/c1-10(8-15(6-7-15)14(16)17)12-4-5-13(18-9-12)11-2-3-11/h4-5,9-11,14H,2-3,6-8H2,1H3. The van der Waals surface area contributed by atoms with Crippen LogP contribution in [0.2, 0.25) is 0 Å². The predicted molar refractivity (Wildman–Crippen MR) is 66.9 cm³/mol. The molecule has 0 radical (unpaired) electrons. The average molecular weight is 251 g/mol. The number of nitrogens with zero attached hydrogens (tertiary/aromatic N) is 1. The van der Waals surface area contributed by atoms with Gasteiger partial charge in [0.05, 0.1) is 0 Å². The second-order valence-electron chi connectivity index (χ2n) is 6.06. The molecule has 2 fully saturated rings. The largest absolute Gasteiger partial charge is 0.261 e. The third-order valence-corrected chi connectivity index (χ3v) is 4.44. The molecule has 2 aliphatic rings. The molecular formula is C15H19F2N. The maximum atomic E-state index is 12.9. The van der Waals surface area contributed by atoms with Crippen LogP contribution in [0.5, 0.6) is 0 Å². The maximum Gasteiger partial charge on any atom is 0.244 e. The molecule has 0 N–H and O–H groups in total. The van der Waals surface area contributed by atoms with Gasteiger partial charge >= 0.3 is 0 Å². The zero-order chi connectivity index (χ0) is 12.8. The number of halogens is 2. The molecule has 0 aromatic carbocycles. The van der Waals surface area contributed by atoms with Gasteiger partial charge in [-0.2, -0.15) is 0 Å². The maximum absolute atomic E-state index is 12.9. The second-order valence-corrected chi connectivity index (χ2v) is 6.06. The molecule has 1 heterocycles. The summed E-state index contributed by atoms with van der Waals surface area (Å²) in [6.07, 6.45) is 4.17. The van der Waals surface area contributed by atoms with Crippen LogP contribution in [0.3, 0.4) is 0 Å². The third-order valence-electron chi connectivity index (χ3n) is 4.44. The molecule has 3 heteroatoms. The van der Waals surface area contributed by atoms with Gasteiger partial charge in [0.1, 0.15) is 0 Å². The molecule has 2 saturated carbocycles. The summed E-state index contributed by atoms with van der Waals surface area (Å²) in [5, 5.41) is 0. The average Bonchev–Trinajstić information content (AvgIpc) is 3.23. The Balaban J connectivity index is 1.66. The first-order chi connectivity index (χ1) is 8.61. The fourth-order valence-corrected chi connectivity index (χ4v) is 2.73. The van der Waals surface area contributed by atoms with Gasteiger partial charge < -0.3 is 0 Å². The molecule has 2 aliphatic carbocycles. The van der Waals surface area contributed by atoms with Crippen LogP contribution in [0.4, 0.5) is 8.78 Å². The van der Waals surface area contributed by atoms with Crippen molar-refractivity contribution in [1.82, 2.24) is 4.98 Å². The van der Waals surface area contributed by atoms with Gasteiger partial charge in [-0.05, 0) is 49.7 Å². The Morgan fingerprint density at radius 2 is 2.06 bits per heavy atom. The van der Waals surface area contributed by atoms with Crippen LogP contribution in [0.1, 0.15) is 62.1 Å². The summed E-state index contributed by atoms with van der Waals surface area (Å²) in [5.41, 5.74) is 1.58. The SMILES string of the molecule is CC(CC1(C(F)F)CC1)c1ccc(C2CC2)nc1. The summed E-state index contributed by atoms with van der Waals surface area (Å²) in [4.78, 5) is 4.47. The molecule has 1 unspecified atom stereocenters. The zero-order valence-corrected chi connectivity index (χ0v) is 10.7. The normalized spacial score (nSPS) is 23.1. The third kappa shape index (κ3) is 2.27. The van der Waals surface area contributed by atoms with Crippen molar-refractivity contribution in [1.29, 1.82) is 0 Å². The van der Waals surface area contributed by atoms with Gasteiger partial charge in [-0.3, -0.25) is 4.98 Å². The van der Waals surface area contributed by atoms with E-state index in [0.717, 1.165) is 5.56 Å². The molecule has 1 aromatic heterocycles. The summed E-state index contributed by atoms with van der Waals surface area (Å²) in [5.74, 6) is 0.840. The summed E-state index contributed by atoms with van der Waals surface area (Å²) >= 11 is 0. The van der Waals surface area contributed by atoms with Gasteiger partial charge in [0.2, 0.25) is 6.43 Å². The summed E-state index contributed by atoms with van der Waals surface area (Å²) in [7, 11) is 0. The van der Waals surface area contributed by atoms with Crippen LogP contribution in [0, 0.1) is 5.41 Å². The van der Waals surface area contributed by atoms with E-state index in [2.05, 4.69) is 17.1 Å². The van der Waals surface area contributed by atoms with E-state index in [1.54, 1.807) is 0 Å². The lowest BCUT2D eigenvalue weighted by atomic mass is 9.89. The first kappa shape index (κ1) is 12.1. The molecule has 18 heavy (non-hydrogen) atoms. The van der Waals surface area contributed by atoms with E-state index >= 15 is 0 Å². The Hall–Kier alpha value is -0.990. The van der Waals surface area contributed by atoms with Crippen LogP contribution in [-0.4, -0.2) is 11.4 Å². The van der Waals surface area contributed by atoms with E-state index < -0.39 is 11.8 Å². The first-order valence-electron chi connectivity index (χ1n) is 6.85. The smallest absolute Gasteiger partial charge is 0.244 e. The van der Waals surface area contributed by atoms with Gasteiger partial charge in [0.25, 0.3) is 0 Å². The van der Waals surface area contributed by atoms with Crippen molar-refractivity contribution in [2.75, 3.05) is 0 Å². The Labute approximate surface area is 107 Å². The van der Waals surface area contributed by atoms with E-state index in [-0.39, 0.29) is 5.92 Å². The van der Waals surface area contributed by atoms with Crippen molar-refractivity contribution in [2.24, 2.45) is 5.41 Å². The monoisotopic (exact) mass is 251 g/mol. The van der Waals surface area contributed by atoms with Gasteiger partial charge in [-0.1, -0.05) is 13.0 Å². The van der Waals surface area contributed by atoms with Gasteiger partial charge in [0, 0.05) is 23.2 Å². The van der Waals surface area contributed by atoms with Gasteiger partial charge in [-0.25, -0.2) is 8.78 Å². The summed E-state index contributed by atoms with van der Waals surface area (Å²) < 4.78 is 25.8. The highest BCUT2D eigenvalue weighted by Crippen LogP contribution is 2.56. The molecule has 0 spiro atoms. The number of alkyl halides is 2. The molecule has 0 bridgehead atoms. The minimum Gasteiger partial charge on any atom is -0.261 e.